The Kier molecular flexibility index (Phi) is 4.80. The van der Waals surface area contributed by atoms with Crippen molar-refractivity contribution >= 4 is 11.9 Å². The van der Waals surface area contributed by atoms with Gasteiger partial charge in [-0.15, -0.1) is 0 Å². The van der Waals surface area contributed by atoms with E-state index in [0.717, 1.165) is 0 Å². The Bertz CT molecular complexity index is 718. The second kappa shape index (κ2) is 7.18. The van der Waals surface area contributed by atoms with Crippen molar-refractivity contribution in [2.45, 2.75) is 18.9 Å². The molecule has 126 valence electrons. The molecule has 1 atom stereocenters. The molecule has 1 unspecified atom stereocenters. The molecule has 3 rings (SSSR count). The average Bonchev–Trinajstić information content (AvgIpc) is 3.09. The molecule has 9 nitrogen and oxygen atoms in total. The first kappa shape index (κ1) is 16.1. The number of hydrogen-bond acceptors (Lipinski definition) is 7. The molecule has 2 aromatic rings. The minimum Gasteiger partial charge on any atom is -0.480 e. The number of amides is 1. The van der Waals surface area contributed by atoms with Crippen LogP contribution >= 0.6 is 0 Å². The highest BCUT2D eigenvalue weighted by atomic mass is 16.5. The van der Waals surface area contributed by atoms with E-state index in [1.165, 1.54) is 4.90 Å². The predicted molar refractivity (Wildman–Crippen MR) is 79.8 cm³/mol. The summed E-state index contributed by atoms with van der Waals surface area (Å²) >= 11 is 0. The number of morpholine rings is 1. The van der Waals surface area contributed by atoms with Crippen molar-refractivity contribution in [2.75, 3.05) is 19.8 Å². The fourth-order valence-corrected chi connectivity index (χ4v) is 2.42. The minimum atomic E-state index is -1.07. The maximum atomic E-state index is 12.3. The van der Waals surface area contributed by atoms with Gasteiger partial charge in [0.2, 0.25) is 17.6 Å². The molecule has 0 saturated carbocycles. The van der Waals surface area contributed by atoms with Crippen LogP contribution in [0.4, 0.5) is 0 Å². The van der Waals surface area contributed by atoms with Crippen LogP contribution in [0.5, 0.6) is 0 Å². The number of aryl methyl sites for hydroxylation is 1. The van der Waals surface area contributed by atoms with Gasteiger partial charge >= 0.3 is 5.97 Å². The Balaban J connectivity index is 1.60. The number of rotatable bonds is 5. The van der Waals surface area contributed by atoms with Crippen molar-refractivity contribution in [2.24, 2.45) is 0 Å². The Hall–Kier alpha value is -2.81. The van der Waals surface area contributed by atoms with Crippen molar-refractivity contribution in [3.8, 4) is 11.5 Å². The van der Waals surface area contributed by atoms with E-state index in [0.29, 0.717) is 24.0 Å². The van der Waals surface area contributed by atoms with Gasteiger partial charge < -0.3 is 19.3 Å². The lowest BCUT2D eigenvalue weighted by atomic mass is 10.2. The SMILES string of the molecule is O=C(O)C1COCCN1C(=O)CCc1nc(-c2ccccn2)no1. The smallest absolute Gasteiger partial charge is 0.328 e. The van der Waals surface area contributed by atoms with E-state index >= 15 is 0 Å². The lowest BCUT2D eigenvalue weighted by molar-refractivity contribution is -0.158. The summed E-state index contributed by atoms with van der Waals surface area (Å²) in [5, 5.41) is 13.0. The molecule has 2 aromatic heterocycles. The number of nitrogens with zero attached hydrogens (tertiary/aromatic N) is 4. The standard InChI is InChI=1S/C15H16N4O5/c20-13(19-7-8-23-9-11(19)15(21)22)5-4-12-17-14(18-24-12)10-3-1-2-6-16-10/h1-3,6,11H,4-5,7-9H2,(H,21,22). The topological polar surface area (TPSA) is 119 Å². The van der Waals surface area contributed by atoms with Gasteiger partial charge in [0, 0.05) is 25.6 Å². The zero-order valence-corrected chi connectivity index (χ0v) is 12.8. The molecule has 0 radical (unpaired) electrons. The number of carbonyl (C=O) groups is 2. The Labute approximate surface area is 137 Å². The Morgan fingerprint density at radius 2 is 2.25 bits per heavy atom. The van der Waals surface area contributed by atoms with E-state index < -0.39 is 12.0 Å². The van der Waals surface area contributed by atoms with Gasteiger partial charge in [0.1, 0.15) is 5.69 Å². The molecule has 9 heteroatoms. The first-order chi connectivity index (χ1) is 11.6. The first-order valence-electron chi connectivity index (χ1n) is 7.49. The summed E-state index contributed by atoms with van der Waals surface area (Å²) < 4.78 is 10.2. The molecule has 24 heavy (non-hydrogen) atoms. The maximum Gasteiger partial charge on any atom is 0.328 e. The van der Waals surface area contributed by atoms with Gasteiger partial charge in [0.05, 0.1) is 13.2 Å². The number of carbonyl (C=O) groups excluding carboxylic acids is 1. The van der Waals surface area contributed by atoms with Crippen LogP contribution in [0, 0.1) is 0 Å². The summed E-state index contributed by atoms with van der Waals surface area (Å²) in [5.41, 5.74) is 0.581. The number of hydrogen-bond donors (Lipinski definition) is 1. The fourth-order valence-electron chi connectivity index (χ4n) is 2.42. The summed E-state index contributed by atoms with van der Waals surface area (Å²) in [7, 11) is 0. The maximum absolute atomic E-state index is 12.3. The molecule has 1 amide bonds. The zero-order chi connectivity index (χ0) is 16.9. The van der Waals surface area contributed by atoms with E-state index in [4.69, 9.17) is 14.4 Å². The fraction of sp³-hybridized carbons (Fsp3) is 0.400. The van der Waals surface area contributed by atoms with Crippen molar-refractivity contribution in [3.63, 3.8) is 0 Å². The molecule has 1 N–H and O–H groups in total. The third-order valence-electron chi connectivity index (χ3n) is 3.65. The predicted octanol–water partition coefficient (Wildman–Crippen LogP) is 0.376. The second-order valence-electron chi connectivity index (χ2n) is 5.24. The number of aliphatic carboxylic acids is 1. The van der Waals surface area contributed by atoms with E-state index in [1.807, 2.05) is 6.07 Å². The summed E-state index contributed by atoms with van der Waals surface area (Å²) in [6.07, 6.45) is 1.95. The van der Waals surface area contributed by atoms with Crippen LogP contribution in [-0.2, 0) is 20.7 Å². The van der Waals surface area contributed by atoms with E-state index in [2.05, 4.69) is 15.1 Å². The third kappa shape index (κ3) is 3.57. The number of ether oxygens (including phenoxy) is 1. The van der Waals surface area contributed by atoms with Crippen LogP contribution in [0.2, 0.25) is 0 Å². The van der Waals surface area contributed by atoms with Gasteiger partial charge in [-0.05, 0) is 12.1 Å². The molecule has 0 spiro atoms. The van der Waals surface area contributed by atoms with Crippen molar-refractivity contribution in [1.29, 1.82) is 0 Å². The lowest BCUT2D eigenvalue weighted by Gasteiger charge is -2.32. The molecule has 0 aromatic carbocycles. The van der Waals surface area contributed by atoms with Gasteiger partial charge in [-0.1, -0.05) is 11.2 Å². The van der Waals surface area contributed by atoms with Crippen LogP contribution in [0.15, 0.2) is 28.9 Å². The molecule has 1 fully saturated rings. The van der Waals surface area contributed by atoms with Gasteiger partial charge in [-0.2, -0.15) is 4.98 Å². The number of carboxylic acid groups (broad SMARTS) is 1. The number of aromatic nitrogens is 3. The molecule has 1 aliphatic heterocycles. The minimum absolute atomic E-state index is 0.00541. The zero-order valence-electron chi connectivity index (χ0n) is 12.8. The second-order valence-corrected chi connectivity index (χ2v) is 5.24. The van der Waals surface area contributed by atoms with Crippen LogP contribution in [-0.4, -0.2) is 62.8 Å². The molecule has 3 heterocycles. The molecule has 0 aliphatic carbocycles. The van der Waals surface area contributed by atoms with Crippen molar-refractivity contribution in [1.82, 2.24) is 20.0 Å². The number of carboxylic acids is 1. The average molecular weight is 332 g/mol. The Morgan fingerprint density at radius 3 is 3.00 bits per heavy atom. The Morgan fingerprint density at radius 1 is 1.38 bits per heavy atom. The van der Waals surface area contributed by atoms with Crippen LogP contribution in [0.25, 0.3) is 11.5 Å². The lowest BCUT2D eigenvalue weighted by Crippen LogP contribution is -2.52. The van der Waals surface area contributed by atoms with Crippen LogP contribution in [0.3, 0.4) is 0 Å². The molecular formula is C15H16N4O5. The summed E-state index contributed by atoms with van der Waals surface area (Å²) in [6.45, 7) is 0.601. The monoisotopic (exact) mass is 332 g/mol. The van der Waals surface area contributed by atoms with Gasteiger partial charge in [-0.3, -0.25) is 9.78 Å². The van der Waals surface area contributed by atoms with Crippen molar-refractivity contribution < 1.29 is 24.0 Å². The number of pyridine rings is 1. The quantitative estimate of drug-likeness (QED) is 0.834. The highest BCUT2D eigenvalue weighted by Gasteiger charge is 2.32. The van der Waals surface area contributed by atoms with Gasteiger partial charge in [0.25, 0.3) is 0 Å². The van der Waals surface area contributed by atoms with E-state index in [9.17, 15) is 9.59 Å². The van der Waals surface area contributed by atoms with Crippen molar-refractivity contribution in [3.05, 3.63) is 30.3 Å². The third-order valence-corrected chi connectivity index (χ3v) is 3.65. The van der Waals surface area contributed by atoms with Gasteiger partial charge in [-0.25, -0.2) is 4.79 Å². The summed E-state index contributed by atoms with van der Waals surface area (Å²) in [6, 6.07) is 4.40. The molecular weight excluding hydrogens is 316 g/mol. The van der Waals surface area contributed by atoms with E-state index in [-0.39, 0.29) is 31.9 Å². The molecule has 0 bridgehead atoms. The first-order valence-corrected chi connectivity index (χ1v) is 7.49. The van der Waals surface area contributed by atoms with Gasteiger partial charge in [0.15, 0.2) is 6.04 Å². The normalized spacial score (nSPS) is 17.7. The highest BCUT2D eigenvalue weighted by molar-refractivity contribution is 5.84. The van der Waals surface area contributed by atoms with E-state index in [1.54, 1.807) is 18.3 Å². The van der Waals surface area contributed by atoms with Crippen LogP contribution < -0.4 is 0 Å². The largest absolute Gasteiger partial charge is 0.480 e. The molecule has 1 aliphatic rings. The molecule has 1 saturated heterocycles. The van der Waals surface area contributed by atoms with Crippen LogP contribution in [0.1, 0.15) is 12.3 Å². The summed E-state index contributed by atoms with van der Waals surface area (Å²) in [4.78, 5) is 33.1. The summed E-state index contributed by atoms with van der Waals surface area (Å²) in [5.74, 6) is -0.682. The highest BCUT2D eigenvalue weighted by Crippen LogP contribution is 2.14.